The minimum absolute atomic E-state index is 0.166. The van der Waals surface area contributed by atoms with Gasteiger partial charge >= 0.3 is 0 Å². The number of aliphatic hydroxyl groups excluding tert-OH is 2. The molecule has 0 saturated heterocycles. The lowest BCUT2D eigenvalue weighted by molar-refractivity contribution is -0.0160. The zero-order valence-corrected chi connectivity index (χ0v) is 7.12. The Morgan fingerprint density at radius 1 is 1.00 bits per heavy atom. The summed E-state index contributed by atoms with van der Waals surface area (Å²) in [5.41, 5.74) is 0.166. The van der Waals surface area contributed by atoms with Crippen LogP contribution in [0.25, 0.3) is 0 Å². The Hall–Kier alpha value is -0.0800. The second-order valence-corrected chi connectivity index (χ2v) is 4.59. The van der Waals surface area contributed by atoms with Crippen LogP contribution < -0.4 is 0 Å². The van der Waals surface area contributed by atoms with Crippen molar-refractivity contribution in [2.75, 3.05) is 0 Å². The van der Waals surface area contributed by atoms with Gasteiger partial charge in [0.05, 0.1) is 12.2 Å². The van der Waals surface area contributed by atoms with Crippen LogP contribution >= 0.6 is 0 Å². The Labute approximate surface area is 67.2 Å². The van der Waals surface area contributed by atoms with Crippen LogP contribution in [0.1, 0.15) is 26.7 Å². The number of aliphatic hydroxyl groups is 2. The fraction of sp³-hybridized carbons (Fsp3) is 1.00. The summed E-state index contributed by atoms with van der Waals surface area (Å²) in [6.45, 7) is 4.32. The highest BCUT2D eigenvalue weighted by Crippen LogP contribution is 2.57. The lowest BCUT2D eigenvalue weighted by atomic mass is 9.82. The zero-order valence-electron chi connectivity index (χ0n) is 7.12. The predicted molar refractivity (Wildman–Crippen MR) is 42.0 cm³/mol. The molecule has 0 amide bonds. The maximum atomic E-state index is 9.57. The molecule has 2 bridgehead atoms. The van der Waals surface area contributed by atoms with Crippen molar-refractivity contribution in [2.24, 2.45) is 17.3 Å². The van der Waals surface area contributed by atoms with E-state index in [1.807, 2.05) is 0 Å². The van der Waals surface area contributed by atoms with Crippen LogP contribution in [0.2, 0.25) is 0 Å². The molecule has 2 rings (SSSR count). The zero-order chi connectivity index (χ0) is 8.22. The number of fused-ring (bicyclic) bond motifs is 2. The van der Waals surface area contributed by atoms with Gasteiger partial charge in [-0.25, -0.2) is 0 Å². The summed E-state index contributed by atoms with van der Waals surface area (Å²) in [4.78, 5) is 0. The van der Waals surface area contributed by atoms with Crippen LogP contribution in [-0.2, 0) is 0 Å². The minimum Gasteiger partial charge on any atom is -0.390 e. The average Bonchev–Trinajstić information content (AvgIpc) is 2.27. The third-order valence-electron chi connectivity index (χ3n) is 3.87. The highest BCUT2D eigenvalue weighted by Gasteiger charge is 2.58. The van der Waals surface area contributed by atoms with Gasteiger partial charge in [-0.3, -0.25) is 0 Å². The molecule has 0 aromatic rings. The van der Waals surface area contributed by atoms with Crippen LogP contribution in [-0.4, -0.2) is 22.4 Å². The Morgan fingerprint density at radius 2 is 1.36 bits per heavy atom. The molecule has 4 atom stereocenters. The van der Waals surface area contributed by atoms with Gasteiger partial charge in [0, 0.05) is 0 Å². The van der Waals surface area contributed by atoms with E-state index in [-0.39, 0.29) is 5.41 Å². The first kappa shape index (κ1) is 7.56. The molecule has 0 heterocycles. The largest absolute Gasteiger partial charge is 0.390 e. The van der Waals surface area contributed by atoms with E-state index in [0.29, 0.717) is 11.8 Å². The van der Waals surface area contributed by atoms with Crippen molar-refractivity contribution in [1.29, 1.82) is 0 Å². The van der Waals surface area contributed by atoms with E-state index in [1.54, 1.807) is 0 Å². The molecule has 64 valence electrons. The predicted octanol–water partition coefficient (Wildman–Crippen LogP) is 0.774. The van der Waals surface area contributed by atoms with Gasteiger partial charge in [-0.1, -0.05) is 13.8 Å². The van der Waals surface area contributed by atoms with E-state index in [0.717, 1.165) is 12.8 Å². The fourth-order valence-corrected chi connectivity index (χ4v) is 3.08. The SMILES string of the molecule is CC1(C)[C@H]2CC[C@H]1[C@@H](O)[C@@H]2O. The van der Waals surface area contributed by atoms with Crippen LogP contribution in [0.15, 0.2) is 0 Å². The molecule has 2 aliphatic carbocycles. The maximum Gasteiger partial charge on any atom is 0.0835 e. The first-order valence-corrected chi connectivity index (χ1v) is 4.41. The normalized spacial score (nSPS) is 53.5. The van der Waals surface area contributed by atoms with Crippen molar-refractivity contribution in [3.63, 3.8) is 0 Å². The molecule has 2 N–H and O–H groups in total. The molecule has 11 heavy (non-hydrogen) atoms. The smallest absolute Gasteiger partial charge is 0.0835 e. The number of hydrogen-bond acceptors (Lipinski definition) is 2. The molecule has 2 heteroatoms. The molecular weight excluding hydrogens is 140 g/mol. The molecule has 0 unspecified atom stereocenters. The Kier molecular flexibility index (Phi) is 1.37. The molecule has 0 aromatic carbocycles. The second kappa shape index (κ2) is 1.99. The van der Waals surface area contributed by atoms with E-state index in [9.17, 15) is 10.2 Å². The first-order chi connectivity index (χ1) is 5.05. The molecule has 2 aliphatic rings. The summed E-state index contributed by atoms with van der Waals surface area (Å²) in [6, 6.07) is 0. The topological polar surface area (TPSA) is 40.5 Å². The van der Waals surface area contributed by atoms with Crippen molar-refractivity contribution in [1.82, 2.24) is 0 Å². The van der Waals surface area contributed by atoms with Crippen molar-refractivity contribution in [3.05, 3.63) is 0 Å². The van der Waals surface area contributed by atoms with Gasteiger partial charge < -0.3 is 10.2 Å². The van der Waals surface area contributed by atoms with E-state index >= 15 is 0 Å². The average molecular weight is 156 g/mol. The summed E-state index contributed by atoms with van der Waals surface area (Å²) in [7, 11) is 0. The van der Waals surface area contributed by atoms with Gasteiger partial charge in [0.1, 0.15) is 0 Å². The van der Waals surface area contributed by atoms with Crippen LogP contribution in [0.5, 0.6) is 0 Å². The summed E-state index contributed by atoms with van der Waals surface area (Å²) in [5.74, 6) is 0.671. The van der Waals surface area contributed by atoms with Crippen molar-refractivity contribution in [3.8, 4) is 0 Å². The van der Waals surface area contributed by atoms with Gasteiger partial charge in [-0.15, -0.1) is 0 Å². The summed E-state index contributed by atoms with van der Waals surface area (Å²) in [5, 5.41) is 19.1. The molecule has 0 aliphatic heterocycles. The van der Waals surface area contributed by atoms with Crippen molar-refractivity contribution >= 4 is 0 Å². The van der Waals surface area contributed by atoms with E-state index < -0.39 is 12.2 Å². The molecule has 2 nitrogen and oxygen atoms in total. The molecule has 0 radical (unpaired) electrons. The molecule has 2 saturated carbocycles. The summed E-state index contributed by atoms with van der Waals surface area (Å²) >= 11 is 0. The summed E-state index contributed by atoms with van der Waals surface area (Å²) in [6.07, 6.45) is 1.28. The van der Waals surface area contributed by atoms with Gasteiger partial charge in [0.15, 0.2) is 0 Å². The van der Waals surface area contributed by atoms with Gasteiger partial charge in [-0.05, 0) is 30.1 Å². The highest BCUT2D eigenvalue weighted by atomic mass is 16.3. The minimum atomic E-state index is -0.455. The Morgan fingerprint density at radius 3 is 1.55 bits per heavy atom. The van der Waals surface area contributed by atoms with Crippen LogP contribution in [0.3, 0.4) is 0 Å². The van der Waals surface area contributed by atoms with Crippen molar-refractivity contribution in [2.45, 2.75) is 38.9 Å². The molecule has 0 aromatic heterocycles. The highest BCUT2D eigenvalue weighted by molar-refractivity contribution is 5.07. The quantitative estimate of drug-likeness (QED) is 0.544. The Balaban J connectivity index is 2.31. The lowest BCUT2D eigenvalue weighted by Gasteiger charge is -2.23. The molecule has 0 spiro atoms. The van der Waals surface area contributed by atoms with Crippen LogP contribution in [0, 0.1) is 17.3 Å². The van der Waals surface area contributed by atoms with E-state index in [2.05, 4.69) is 13.8 Å². The third-order valence-corrected chi connectivity index (χ3v) is 3.87. The standard InChI is InChI=1S/C9H16O2/c1-9(2)5-3-4-6(9)8(11)7(5)10/h5-8,10-11H,3-4H2,1-2H3/t5-,6-,7+,8+/m0/s1. The van der Waals surface area contributed by atoms with E-state index in [1.165, 1.54) is 0 Å². The third kappa shape index (κ3) is 0.744. The van der Waals surface area contributed by atoms with Crippen molar-refractivity contribution < 1.29 is 10.2 Å². The van der Waals surface area contributed by atoms with Gasteiger partial charge in [0.25, 0.3) is 0 Å². The maximum absolute atomic E-state index is 9.57. The van der Waals surface area contributed by atoms with Gasteiger partial charge in [0.2, 0.25) is 0 Å². The summed E-state index contributed by atoms with van der Waals surface area (Å²) < 4.78 is 0. The fourth-order valence-electron chi connectivity index (χ4n) is 3.08. The Bertz CT molecular complexity index is 158. The van der Waals surface area contributed by atoms with Crippen LogP contribution in [0.4, 0.5) is 0 Å². The molecular formula is C9H16O2. The first-order valence-electron chi connectivity index (χ1n) is 4.41. The number of hydrogen-bond donors (Lipinski definition) is 2. The molecule has 2 fully saturated rings. The number of rotatable bonds is 0. The van der Waals surface area contributed by atoms with Gasteiger partial charge in [-0.2, -0.15) is 0 Å². The lowest BCUT2D eigenvalue weighted by Crippen LogP contribution is -2.31. The second-order valence-electron chi connectivity index (χ2n) is 4.59. The monoisotopic (exact) mass is 156 g/mol. The van der Waals surface area contributed by atoms with E-state index in [4.69, 9.17) is 0 Å².